The van der Waals surface area contributed by atoms with Crippen LogP contribution in [0.1, 0.15) is 43.6 Å². The first kappa shape index (κ1) is 16.6. The Balaban J connectivity index is 1.52. The number of carbonyl (C=O) groups is 1. The minimum absolute atomic E-state index is 0.0642. The molecule has 0 bridgehead atoms. The van der Waals surface area contributed by atoms with E-state index in [1.807, 2.05) is 38.1 Å². The standard InChI is InChI=1S/C19H26N4O/c1-14(2)21-19(24)11-15-6-8-16(9-7-15)20-13-17-12-18-5-3-4-10-23(18)22-17/h6-9,12,14,20H,3-5,10-11,13H2,1-2H3,(H,21,24). The first-order chi connectivity index (χ1) is 11.6. The number of carbonyl (C=O) groups excluding carboxylic acids is 1. The molecule has 0 unspecified atom stereocenters. The van der Waals surface area contributed by atoms with E-state index >= 15 is 0 Å². The van der Waals surface area contributed by atoms with Crippen molar-refractivity contribution in [2.45, 2.75) is 58.7 Å². The molecule has 2 aromatic rings. The zero-order chi connectivity index (χ0) is 16.9. The third kappa shape index (κ3) is 4.37. The molecule has 24 heavy (non-hydrogen) atoms. The van der Waals surface area contributed by atoms with E-state index in [1.54, 1.807) is 0 Å². The number of nitrogens with one attached hydrogen (secondary N) is 2. The number of aromatic nitrogens is 2. The molecular weight excluding hydrogens is 300 g/mol. The van der Waals surface area contributed by atoms with Crippen molar-refractivity contribution in [3.8, 4) is 0 Å². The summed E-state index contributed by atoms with van der Waals surface area (Å²) in [6.45, 7) is 5.72. The molecule has 1 amide bonds. The Morgan fingerprint density at radius 1 is 1.25 bits per heavy atom. The molecule has 0 atom stereocenters. The first-order valence-electron chi connectivity index (χ1n) is 8.78. The number of nitrogens with zero attached hydrogens (tertiary/aromatic N) is 2. The van der Waals surface area contributed by atoms with Crippen LogP contribution in [-0.2, 0) is 30.7 Å². The second-order valence-corrected chi connectivity index (χ2v) is 6.76. The van der Waals surface area contributed by atoms with Crippen LogP contribution in [0, 0.1) is 0 Å². The van der Waals surface area contributed by atoms with Gasteiger partial charge in [0.25, 0.3) is 0 Å². The van der Waals surface area contributed by atoms with Crippen LogP contribution in [0.5, 0.6) is 0 Å². The van der Waals surface area contributed by atoms with Crippen molar-refractivity contribution in [3.05, 3.63) is 47.3 Å². The van der Waals surface area contributed by atoms with Crippen molar-refractivity contribution in [1.82, 2.24) is 15.1 Å². The maximum atomic E-state index is 11.8. The molecule has 0 aliphatic carbocycles. The molecule has 1 aliphatic heterocycles. The molecule has 5 nitrogen and oxygen atoms in total. The average Bonchev–Trinajstić information content (AvgIpc) is 2.96. The Hall–Kier alpha value is -2.30. The zero-order valence-corrected chi connectivity index (χ0v) is 14.5. The molecule has 0 spiro atoms. The molecule has 0 radical (unpaired) electrons. The quantitative estimate of drug-likeness (QED) is 0.858. The van der Waals surface area contributed by atoms with Gasteiger partial charge in [0, 0.05) is 24.0 Å². The lowest BCUT2D eigenvalue weighted by atomic mass is 10.1. The number of amides is 1. The Bertz CT molecular complexity index is 664. The number of hydrogen-bond acceptors (Lipinski definition) is 3. The fraction of sp³-hybridized carbons (Fsp3) is 0.474. The molecular formula is C19H26N4O. The number of benzene rings is 1. The fourth-order valence-corrected chi connectivity index (χ4v) is 3.06. The number of rotatable bonds is 6. The number of fused-ring (bicyclic) bond motifs is 1. The number of aryl methyl sites for hydroxylation is 2. The second kappa shape index (κ2) is 7.51. The Morgan fingerprint density at radius 3 is 2.75 bits per heavy atom. The van der Waals surface area contributed by atoms with E-state index < -0.39 is 0 Å². The predicted molar refractivity (Wildman–Crippen MR) is 95.9 cm³/mol. The van der Waals surface area contributed by atoms with Gasteiger partial charge in [-0.05, 0) is 56.9 Å². The maximum Gasteiger partial charge on any atom is 0.224 e. The molecule has 128 valence electrons. The van der Waals surface area contributed by atoms with Crippen LogP contribution < -0.4 is 10.6 Å². The zero-order valence-electron chi connectivity index (χ0n) is 14.5. The van der Waals surface area contributed by atoms with Gasteiger partial charge in [-0.3, -0.25) is 9.48 Å². The topological polar surface area (TPSA) is 59.0 Å². The summed E-state index contributed by atoms with van der Waals surface area (Å²) in [6.07, 6.45) is 4.06. The maximum absolute atomic E-state index is 11.8. The van der Waals surface area contributed by atoms with Crippen LogP contribution in [0.3, 0.4) is 0 Å². The molecule has 0 saturated heterocycles. The van der Waals surface area contributed by atoms with Crippen LogP contribution in [0.4, 0.5) is 5.69 Å². The minimum atomic E-state index is 0.0642. The molecule has 1 aliphatic rings. The Kier molecular flexibility index (Phi) is 5.18. The van der Waals surface area contributed by atoms with Gasteiger partial charge in [-0.15, -0.1) is 0 Å². The van der Waals surface area contributed by atoms with Gasteiger partial charge < -0.3 is 10.6 Å². The van der Waals surface area contributed by atoms with Crippen molar-refractivity contribution >= 4 is 11.6 Å². The van der Waals surface area contributed by atoms with E-state index in [9.17, 15) is 4.79 Å². The van der Waals surface area contributed by atoms with Gasteiger partial charge in [0.05, 0.1) is 18.7 Å². The highest BCUT2D eigenvalue weighted by Crippen LogP contribution is 2.16. The predicted octanol–water partition coefficient (Wildman–Crippen LogP) is 2.90. The van der Waals surface area contributed by atoms with Crippen LogP contribution in [-0.4, -0.2) is 21.7 Å². The number of anilines is 1. The van der Waals surface area contributed by atoms with E-state index in [2.05, 4.69) is 26.5 Å². The first-order valence-corrected chi connectivity index (χ1v) is 8.78. The highest BCUT2D eigenvalue weighted by molar-refractivity contribution is 5.78. The summed E-state index contributed by atoms with van der Waals surface area (Å²) in [5, 5.41) is 11.0. The van der Waals surface area contributed by atoms with Gasteiger partial charge in [-0.25, -0.2) is 0 Å². The van der Waals surface area contributed by atoms with E-state index in [-0.39, 0.29) is 11.9 Å². The SMILES string of the molecule is CC(C)NC(=O)Cc1ccc(NCc2cc3n(n2)CCCC3)cc1. The summed E-state index contributed by atoms with van der Waals surface area (Å²) in [6, 6.07) is 10.4. The molecule has 0 saturated carbocycles. The van der Waals surface area contributed by atoms with Crippen molar-refractivity contribution in [2.75, 3.05) is 5.32 Å². The van der Waals surface area contributed by atoms with Gasteiger partial charge >= 0.3 is 0 Å². The highest BCUT2D eigenvalue weighted by atomic mass is 16.1. The van der Waals surface area contributed by atoms with Crippen molar-refractivity contribution in [3.63, 3.8) is 0 Å². The van der Waals surface area contributed by atoms with Crippen LogP contribution >= 0.6 is 0 Å². The summed E-state index contributed by atoms with van der Waals surface area (Å²) >= 11 is 0. The minimum Gasteiger partial charge on any atom is -0.379 e. The largest absolute Gasteiger partial charge is 0.379 e. The summed E-state index contributed by atoms with van der Waals surface area (Å²) in [4.78, 5) is 11.8. The lowest BCUT2D eigenvalue weighted by Crippen LogP contribution is -2.31. The summed E-state index contributed by atoms with van der Waals surface area (Å²) in [5.41, 5.74) is 4.52. The molecule has 1 aromatic carbocycles. The van der Waals surface area contributed by atoms with Crippen LogP contribution in [0.15, 0.2) is 30.3 Å². The van der Waals surface area contributed by atoms with Crippen LogP contribution in [0.25, 0.3) is 0 Å². The number of hydrogen-bond donors (Lipinski definition) is 2. The Morgan fingerprint density at radius 2 is 2.04 bits per heavy atom. The van der Waals surface area contributed by atoms with Crippen molar-refractivity contribution < 1.29 is 4.79 Å². The smallest absolute Gasteiger partial charge is 0.224 e. The van der Waals surface area contributed by atoms with Gasteiger partial charge in [0.15, 0.2) is 0 Å². The van der Waals surface area contributed by atoms with E-state index in [1.165, 1.54) is 18.5 Å². The van der Waals surface area contributed by atoms with Crippen molar-refractivity contribution in [2.24, 2.45) is 0 Å². The van der Waals surface area contributed by atoms with Crippen molar-refractivity contribution in [1.29, 1.82) is 0 Å². The summed E-state index contributed by atoms with van der Waals surface area (Å²) < 4.78 is 2.14. The van der Waals surface area contributed by atoms with E-state index in [0.29, 0.717) is 6.42 Å². The molecule has 5 heteroatoms. The lowest BCUT2D eigenvalue weighted by Gasteiger charge is -2.11. The third-order valence-electron chi connectivity index (χ3n) is 4.21. The molecule has 3 rings (SSSR count). The van der Waals surface area contributed by atoms with E-state index in [4.69, 9.17) is 0 Å². The molecule has 2 heterocycles. The van der Waals surface area contributed by atoms with Gasteiger partial charge in [0.1, 0.15) is 0 Å². The fourth-order valence-electron chi connectivity index (χ4n) is 3.06. The van der Waals surface area contributed by atoms with Crippen LogP contribution in [0.2, 0.25) is 0 Å². The second-order valence-electron chi connectivity index (χ2n) is 6.76. The highest BCUT2D eigenvalue weighted by Gasteiger charge is 2.11. The normalized spacial score (nSPS) is 13.6. The third-order valence-corrected chi connectivity index (χ3v) is 4.21. The monoisotopic (exact) mass is 326 g/mol. The van der Waals surface area contributed by atoms with Gasteiger partial charge in [0.2, 0.25) is 5.91 Å². The molecule has 2 N–H and O–H groups in total. The van der Waals surface area contributed by atoms with Gasteiger partial charge in [-0.1, -0.05) is 12.1 Å². The average molecular weight is 326 g/mol. The van der Waals surface area contributed by atoms with Gasteiger partial charge in [-0.2, -0.15) is 5.10 Å². The summed E-state index contributed by atoms with van der Waals surface area (Å²) in [5.74, 6) is 0.0642. The molecule has 0 fully saturated rings. The summed E-state index contributed by atoms with van der Waals surface area (Å²) in [7, 11) is 0. The Labute approximate surface area is 143 Å². The lowest BCUT2D eigenvalue weighted by molar-refractivity contribution is -0.120. The van der Waals surface area contributed by atoms with E-state index in [0.717, 1.165) is 36.5 Å². The molecule has 1 aromatic heterocycles.